The smallest absolute Gasteiger partial charge is 0.285 e. The molecule has 0 aliphatic rings. The minimum atomic E-state index is -0.146. The van der Waals surface area contributed by atoms with Crippen LogP contribution in [0.3, 0.4) is 0 Å². The molecular weight excluding hydrogens is 180 g/mol. The van der Waals surface area contributed by atoms with E-state index in [2.05, 4.69) is 15.0 Å². The summed E-state index contributed by atoms with van der Waals surface area (Å²) >= 11 is 0. The van der Waals surface area contributed by atoms with Gasteiger partial charge in [0.2, 0.25) is 5.78 Å². The van der Waals surface area contributed by atoms with Crippen molar-refractivity contribution in [3.8, 4) is 0 Å². The molecule has 0 fully saturated rings. The predicted octanol–water partition coefficient (Wildman–Crippen LogP) is 1.05. The summed E-state index contributed by atoms with van der Waals surface area (Å²) in [6.45, 7) is 3.58. The lowest BCUT2D eigenvalue weighted by atomic mass is 10.4. The van der Waals surface area contributed by atoms with E-state index in [4.69, 9.17) is 0 Å². The molecule has 2 aromatic heterocycles. The number of nitrogens with one attached hydrogen (secondary N) is 1. The molecule has 0 atom stereocenters. The quantitative estimate of drug-likeness (QED) is 0.683. The third-order valence-electron chi connectivity index (χ3n) is 1.97. The fourth-order valence-electron chi connectivity index (χ4n) is 1.34. The Morgan fingerprint density at radius 3 is 3.14 bits per heavy atom. The molecule has 5 nitrogen and oxygen atoms in total. The van der Waals surface area contributed by atoms with Crippen molar-refractivity contribution in [3.63, 3.8) is 0 Å². The van der Waals surface area contributed by atoms with Gasteiger partial charge >= 0.3 is 0 Å². The maximum atomic E-state index is 11.8. The third-order valence-corrected chi connectivity index (χ3v) is 1.97. The van der Waals surface area contributed by atoms with Gasteiger partial charge in [-0.3, -0.25) is 14.2 Å². The van der Waals surface area contributed by atoms with Crippen molar-refractivity contribution < 1.29 is 0 Å². The molecule has 5 heteroatoms. The van der Waals surface area contributed by atoms with E-state index < -0.39 is 0 Å². The van der Waals surface area contributed by atoms with Crippen LogP contribution >= 0.6 is 0 Å². The molecule has 1 N–H and O–H groups in total. The first-order valence-electron chi connectivity index (χ1n) is 4.28. The number of hydrogen-bond donors (Lipinski definition) is 1. The molecule has 2 aromatic rings. The summed E-state index contributed by atoms with van der Waals surface area (Å²) in [5.41, 5.74) is 1.01. The minimum absolute atomic E-state index is 0.146. The highest BCUT2D eigenvalue weighted by atomic mass is 16.1. The van der Waals surface area contributed by atoms with Crippen LogP contribution in [0.4, 0.5) is 5.69 Å². The first-order chi connectivity index (χ1) is 6.74. The van der Waals surface area contributed by atoms with Gasteiger partial charge in [0.05, 0.1) is 0 Å². The Labute approximate surface area is 80.1 Å². The van der Waals surface area contributed by atoms with Crippen LogP contribution < -0.4 is 5.56 Å². The largest absolute Gasteiger partial charge is 0.327 e. The highest BCUT2D eigenvalue weighted by Gasteiger charge is 2.06. The van der Waals surface area contributed by atoms with Gasteiger partial charge in [0.15, 0.2) is 0 Å². The Morgan fingerprint density at radius 2 is 2.43 bits per heavy atom. The van der Waals surface area contributed by atoms with Crippen molar-refractivity contribution in [2.45, 2.75) is 13.8 Å². The van der Waals surface area contributed by atoms with Gasteiger partial charge < -0.3 is 4.98 Å². The number of aliphatic imine (C=N–C) groups is 1. The lowest BCUT2D eigenvalue weighted by molar-refractivity contribution is 1.02. The zero-order chi connectivity index (χ0) is 10.1. The van der Waals surface area contributed by atoms with E-state index >= 15 is 0 Å². The number of fused-ring (bicyclic) bond motifs is 1. The number of rotatable bonds is 1. The summed E-state index contributed by atoms with van der Waals surface area (Å²) in [6.07, 6.45) is 4.79. The van der Waals surface area contributed by atoms with E-state index in [9.17, 15) is 4.79 Å². The van der Waals surface area contributed by atoms with Gasteiger partial charge in [-0.2, -0.15) is 0 Å². The van der Waals surface area contributed by atoms with E-state index in [1.807, 2.05) is 0 Å². The molecule has 0 saturated carbocycles. The first-order valence-corrected chi connectivity index (χ1v) is 4.28. The molecule has 0 saturated heterocycles. The maximum absolute atomic E-state index is 11.8. The summed E-state index contributed by atoms with van der Waals surface area (Å²) in [7, 11) is 0. The van der Waals surface area contributed by atoms with Crippen LogP contribution in [-0.4, -0.2) is 20.6 Å². The van der Waals surface area contributed by atoms with Crippen LogP contribution in [0.5, 0.6) is 0 Å². The van der Waals surface area contributed by atoms with Crippen molar-refractivity contribution >= 4 is 17.7 Å². The summed E-state index contributed by atoms with van der Waals surface area (Å²) < 4.78 is 1.44. The Morgan fingerprint density at radius 1 is 1.64 bits per heavy atom. The Hall–Kier alpha value is -1.91. The Bertz CT molecular complexity index is 549. The van der Waals surface area contributed by atoms with Crippen LogP contribution in [0.2, 0.25) is 0 Å². The van der Waals surface area contributed by atoms with E-state index in [1.165, 1.54) is 4.40 Å². The zero-order valence-corrected chi connectivity index (χ0v) is 7.98. The van der Waals surface area contributed by atoms with E-state index in [0.29, 0.717) is 11.5 Å². The second-order valence-corrected chi connectivity index (χ2v) is 2.91. The molecule has 2 heterocycles. The van der Waals surface area contributed by atoms with Crippen molar-refractivity contribution in [1.82, 2.24) is 14.4 Å². The summed E-state index contributed by atoms with van der Waals surface area (Å²) in [6, 6.07) is 0. The predicted molar refractivity (Wildman–Crippen MR) is 54.4 cm³/mol. The first kappa shape index (κ1) is 8.68. The maximum Gasteiger partial charge on any atom is 0.285 e. The summed E-state index contributed by atoms with van der Waals surface area (Å²) in [4.78, 5) is 22.8. The second kappa shape index (κ2) is 3.10. The molecule has 0 radical (unpaired) electrons. The number of aromatic amines is 1. The van der Waals surface area contributed by atoms with Gasteiger partial charge in [-0.25, -0.2) is 4.98 Å². The molecule has 0 aromatic carbocycles. The van der Waals surface area contributed by atoms with Crippen molar-refractivity contribution in [2.24, 2.45) is 4.99 Å². The van der Waals surface area contributed by atoms with Crippen molar-refractivity contribution in [2.75, 3.05) is 0 Å². The van der Waals surface area contributed by atoms with E-state index in [1.54, 1.807) is 32.5 Å². The van der Waals surface area contributed by atoms with Gasteiger partial charge in [-0.05, 0) is 13.8 Å². The van der Waals surface area contributed by atoms with Gasteiger partial charge in [0.25, 0.3) is 5.56 Å². The van der Waals surface area contributed by atoms with E-state index in [-0.39, 0.29) is 5.56 Å². The number of imidazole rings is 1. The van der Waals surface area contributed by atoms with Crippen LogP contribution in [0, 0.1) is 6.92 Å². The zero-order valence-electron chi connectivity index (χ0n) is 7.98. The normalized spacial score (nSPS) is 11.6. The topological polar surface area (TPSA) is 62.5 Å². The molecule has 0 aliphatic carbocycles. The van der Waals surface area contributed by atoms with Gasteiger partial charge in [-0.1, -0.05) is 0 Å². The Balaban J connectivity index is 2.89. The highest BCUT2D eigenvalue weighted by Crippen LogP contribution is 2.09. The van der Waals surface area contributed by atoms with Gasteiger partial charge in [0.1, 0.15) is 5.69 Å². The molecule has 14 heavy (non-hydrogen) atoms. The van der Waals surface area contributed by atoms with Crippen LogP contribution in [0.15, 0.2) is 22.2 Å². The monoisotopic (exact) mass is 190 g/mol. The number of aromatic nitrogens is 3. The average molecular weight is 190 g/mol. The van der Waals surface area contributed by atoms with Gasteiger partial charge in [-0.15, -0.1) is 0 Å². The number of aryl methyl sites for hydroxylation is 1. The standard InChI is InChI=1S/C9H10N4O/c1-3-10-7-6(2)12-9-11-4-5-13(9)8(7)14/h3-5H,1-2H3,(H,11,12). The molecule has 0 bridgehead atoms. The minimum Gasteiger partial charge on any atom is -0.327 e. The second-order valence-electron chi connectivity index (χ2n) is 2.91. The van der Waals surface area contributed by atoms with Crippen molar-refractivity contribution in [1.29, 1.82) is 0 Å². The molecule has 72 valence electrons. The van der Waals surface area contributed by atoms with Crippen LogP contribution in [0.1, 0.15) is 12.6 Å². The van der Waals surface area contributed by atoms with Crippen LogP contribution in [0.25, 0.3) is 5.78 Å². The number of hydrogen-bond acceptors (Lipinski definition) is 3. The lowest BCUT2D eigenvalue weighted by Crippen LogP contribution is -2.14. The summed E-state index contributed by atoms with van der Waals surface area (Å²) in [5, 5.41) is 0. The molecule has 0 aliphatic heterocycles. The average Bonchev–Trinajstić information content (AvgIpc) is 2.60. The lowest BCUT2D eigenvalue weighted by Gasteiger charge is -2.00. The highest BCUT2D eigenvalue weighted by molar-refractivity contribution is 5.61. The fourth-order valence-corrected chi connectivity index (χ4v) is 1.34. The van der Waals surface area contributed by atoms with Gasteiger partial charge in [0, 0.05) is 24.3 Å². The Kier molecular flexibility index (Phi) is 1.92. The number of nitrogens with zero attached hydrogens (tertiary/aromatic N) is 3. The molecule has 0 amide bonds. The summed E-state index contributed by atoms with van der Waals surface area (Å²) in [5.74, 6) is 0.544. The molecular formula is C9H10N4O. The molecule has 2 rings (SSSR count). The number of H-pyrrole nitrogens is 1. The molecule has 0 spiro atoms. The fraction of sp³-hybridized carbons (Fsp3) is 0.222. The van der Waals surface area contributed by atoms with Crippen molar-refractivity contribution in [3.05, 3.63) is 28.4 Å². The third kappa shape index (κ3) is 1.14. The van der Waals surface area contributed by atoms with Crippen LogP contribution in [-0.2, 0) is 0 Å². The molecule has 0 unspecified atom stereocenters. The SMILES string of the molecule is CC=Nc1c(C)[nH]c2nccn2c1=O. The van der Waals surface area contributed by atoms with E-state index in [0.717, 1.165) is 5.69 Å².